The van der Waals surface area contributed by atoms with Crippen LogP contribution in [0.25, 0.3) is 16.3 Å². The molecule has 30 heavy (non-hydrogen) atoms. The van der Waals surface area contributed by atoms with E-state index in [1.807, 2.05) is 53.9 Å². The fourth-order valence-corrected chi connectivity index (χ4v) is 4.43. The highest BCUT2D eigenvalue weighted by Crippen LogP contribution is 2.25. The topological polar surface area (TPSA) is 101 Å². The Labute approximate surface area is 188 Å². The summed E-state index contributed by atoms with van der Waals surface area (Å²) in [7, 11) is 0. The average Bonchev–Trinajstić information content (AvgIpc) is 3.41. The third-order valence-electron chi connectivity index (χ3n) is 4.52. The molecule has 0 saturated heterocycles. The first kappa shape index (κ1) is 18.9. The molecule has 3 heterocycles. The van der Waals surface area contributed by atoms with Crippen LogP contribution in [0.1, 0.15) is 11.3 Å². The summed E-state index contributed by atoms with van der Waals surface area (Å²) < 4.78 is 2.64. The number of thiazole rings is 1. The first-order chi connectivity index (χ1) is 14.6. The van der Waals surface area contributed by atoms with Gasteiger partial charge >= 0.3 is 0 Å². The second-order valence-corrected chi connectivity index (χ2v) is 8.62. The van der Waals surface area contributed by atoms with Crippen LogP contribution < -0.4 is 10.7 Å². The number of aromatic nitrogens is 3. The molecule has 4 aromatic rings. The van der Waals surface area contributed by atoms with Crippen LogP contribution in [0, 0.1) is 3.57 Å². The fraction of sp³-hybridized carbons (Fsp3) is 0.0500. The van der Waals surface area contributed by atoms with E-state index in [1.165, 1.54) is 11.3 Å². The van der Waals surface area contributed by atoms with Gasteiger partial charge in [0.05, 0.1) is 17.8 Å². The maximum atomic E-state index is 12.5. The molecule has 0 aliphatic carbocycles. The number of fused-ring (bicyclic) bond motifs is 2. The van der Waals surface area contributed by atoms with Gasteiger partial charge in [0.1, 0.15) is 0 Å². The predicted octanol–water partition coefficient (Wildman–Crippen LogP) is 3.08. The number of rotatable bonds is 4. The van der Waals surface area contributed by atoms with Crippen molar-refractivity contribution >= 4 is 62.1 Å². The number of amides is 2. The molecule has 0 atom stereocenters. The lowest BCUT2D eigenvalue weighted by Crippen LogP contribution is -2.25. The minimum atomic E-state index is -0.342. The third kappa shape index (κ3) is 3.48. The smallest absolute Gasteiger partial charge is 0.276 e. The maximum absolute atomic E-state index is 12.5. The summed E-state index contributed by atoms with van der Waals surface area (Å²) in [6.07, 6.45) is 0.0647. The normalized spacial score (nSPS) is 14.2. The highest BCUT2D eigenvalue weighted by molar-refractivity contribution is 14.1. The molecular formula is C20H13IN6O2S. The average molecular weight is 528 g/mol. The van der Waals surface area contributed by atoms with E-state index in [1.54, 1.807) is 4.52 Å². The highest BCUT2D eigenvalue weighted by atomic mass is 127. The van der Waals surface area contributed by atoms with Crippen LogP contribution in [0.2, 0.25) is 0 Å². The van der Waals surface area contributed by atoms with Crippen LogP contribution in [0.3, 0.4) is 0 Å². The van der Waals surface area contributed by atoms with E-state index in [-0.39, 0.29) is 23.9 Å². The van der Waals surface area contributed by atoms with Gasteiger partial charge in [0.2, 0.25) is 10.9 Å². The van der Waals surface area contributed by atoms with Crippen molar-refractivity contribution in [3.05, 3.63) is 68.7 Å². The Hall–Kier alpha value is -3.12. The molecule has 0 unspecified atom stereocenters. The van der Waals surface area contributed by atoms with E-state index in [2.05, 4.69) is 48.5 Å². The molecule has 2 amide bonds. The summed E-state index contributed by atoms with van der Waals surface area (Å²) in [4.78, 5) is 29.9. The number of hydrogen-bond donors (Lipinski definition) is 2. The van der Waals surface area contributed by atoms with Gasteiger partial charge in [-0.3, -0.25) is 9.59 Å². The Morgan fingerprint density at radius 3 is 2.90 bits per heavy atom. The van der Waals surface area contributed by atoms with Gasteiger partial charge in [0, 0.05) is 20.1 Å². The zero-order chi connectivity index (χ0) is 20.7. The van der Waals surface area contributed by atoms with Crippen LogP contribution in [0.5, 0.6) is 0 Å². The Balaban J connectivity index is 1.35. The second-order valence-electron chi connectivity index (χ2n) is 6.54. The second kappa shape index (κ2) is 7.61. The van der Waals surface area contributed by atoms with Crippen molar-refractivity contribution in [2.24, 2.45) is 5.10 Å². The molecule has 2 N–H and O–H groups in total. The predicted molar refractivity (Wildman–Crippen MR) is 122 cm³/mol. The van der Waals surface area contributed by atoms with Crippen LogP contribution in [0.15, 0.2) is 59.0 Å². The van der Waals surface area contributed by atoms with Crippen LogP contribution in [0.4, 0.5) is 5.69 Å². The minimum Gasteiger partial charge on any atom is -0.320 e. The number of hydrogen-bond acceptors (Lipinski definition) is 6. The van der Waals surface area contributed by atoms with E-state index in [4.69, 9.17) is 0 Å². The highest BCUT2D eigenvalue weighted by Gasteiger charge is 2.26. The molecule has 2 aromatic carbocycles. The summed E-state index contributed by atoms with van der Waals surface area (Å²) in [6.45, 7) is 0. The first-order valence-corrected chi connectivity index (χ1v) is 10.9. The summed E-state index contributed by atoms with van der Waals surface area (Å²) in [5, 5.41) is 13.2. The zero-order valence-electron chi connectivity index (χ0n) is 15.3. The first-order valence-electron chi connectivity index (χ1n) is 8.95. The van der Waals surface area contributed by atoms with Crippen LogP contribution >= 0.6 is 33.9 Å². The molecule has 0 spiro atoms. The quantitative estimate of drug-likeness (QED) is 0.314. The number of carbonyl (C=O) groups excluding carboxylic acids is 2. The van der Waals surface area contributed by atoms with E-state index < -0.39 is 0 Å². The molecule has 1 aliphatic rings. The molecular weight excluding hydrogens is 515 g/mol. The lowest BCUT2D eigenvalue weighted by atomic mass is 10.1. The van der Waals surface area contributed by atoms with Crippen LogP contribution in [-0.2, 0) is 16.0 Å². The van der Waals surface area contributed by atoms with E-state index in [0.717, 1.165) is 9.13 Å². The third-order valence-corrected chi connectivity index (χ3v) is 6.05. The number of benzene rings is 2. The van der Waals surface area contributed by atoms with Gasteiger partial charge in [0.15, 0.2) is 11.5 Å². The SMILES string of the molecule is O=C(Cc1csc2nc(-c3ccccc3)nn12)NN=C1C(=O)Nc2ccc(I)cc21. The lowest BCUT2D eigenvalue weighted by molar-refractivity contribution is -0.120. The van der Waals surface area contributed by atoms with Crippen molar-refractivity contribution in [3.63, 3.8) is 0 Å². The summed E-state index contributed by atoms with van der Waals surface area (Å²) in [5.74, 6) is -0.0713. The van der Waals surface area contributed by atoms with Gasteiger partial charge in [-0.05, 0) is 40.8 Å². The largest absolute Gasteiger partial charge is 0.320 e. The van der Waals surface area contributed by atoms with E-state index >= 15 is 0 Å². The van der Waals surface area contributed by atoms with Gasteiger partial charge < -0.3 is 5.32 Å². The molecule has 10 heteroatoms. The molecule has 5 rings (SSSR count). The van der Waals surface area contributed by atoms with Gasteiger partial charge in [0.25, 0.3) is 5.91 Å². The summed E-state index contributed by atoms with van der Waals surface area (Å²) in [6, 6.07) is 15.2. The number of nitrogens with one attached hydrogen (secondary N) is 2. The molecule has 8 nitrogen and oxygen atoms in total. The molecule has 0 radical (unpaired) electrons. The minimum absolute atomic E-state index is 0.0647. The maximum Gasteiger partial charge on any atom is 0.276 e. The summed E-state index contributed by atoms with van der Waals surface area (Å²) in [5.41, 5.74) is 5.65. The Bertz CT molecular complexity index is 1330. The molecule has 2 aromatic heterocycles. The van der Waals surface area contributed by atoms with Crippen molar-refractivity contribution in [2.45, 2.75) is 6.42 Å². The van der Waals surface area contributed by atoms with Gasteiger partial charge in [-0.2, -0.15) is 10.1 Å². The summed E-state index contributed by atoms with van der Waals surface area (Å²) >= 11 is 3.58. The Kier molecular flexibility index (Phi) is 4.79. The monoisotopic (exact) mass is 528 g/mol. The van der Waals surface area contributed by atoms with Gasteiger partial charge in [-0.15, -0.1) is 16.4 Å². The number of anilines is 1. The van der Waals surface area contributed by atoms with Crippen LogP contribution in [-0.4, -0.2) is 32.1 Å². The zero-order valence-corrected chi connectivity index (χ0v) is 18.3. The lowest BCUT2D eigenvalue weighted by Gasteiger charge is -2.01. The molecule has 0 bridgehead atoms. The Morgan fingerprint density at radius 2 is 2.07 bits per heavy atom. The van der Waals surface area contributed by atoms with Crippen molar-refractivity contribution in [1.82, 2.24) is 20.0 Å². The van der Waals surface area contributed by atoms with Crippen molar-refractivity contribution in [2.75, 3.05) is 5.32 Å². The molecule has 0 saturated carbocycles. The number of hydrazone groups is 1. The number of nitrogens with zero attached hydrogens (tertiary/aromatic N) is 4. The number of halogens is 1. The van der Waals surface area contributed by atoms with Crippen molar-refractivity contribution < 1.29 is 9.59 Å². The van der Waals surface area contributed by atoms with Gasteiger partial charge in [-0.25, -0.2) is 9.94 Å². The number of carbonyl (C=O) groups is 2. The molecule has 1 aliphatic heterocycles. The standard InChI is InChI=1S/C20H13IN6O2S/c21-12-6-7-15-14(8-12)17(19(29)22-15)25-24-16(28)9-13-10-30-20-23-18(26-27(13)20)11-4-2-1-3-5-11/h1-8,10H,9H2,(H,24,28)(H,22,25,29). The van der Waals surface area contributed by atoms with E-state index in [9.17, 15) is 9.59 Å². The fourth-order valence-electron chi connectivity index (χ4n) is 3.12. The van der Waals surface area contributed by atoms with Crippen molar-refractivity contribution in [3.8, 4) is 11.4 Å². The molecule has 148 valence electrons. The van der Waals surface area contributed by atoms with Crippen molar-refractivity contribution in [1.29, 1.82) is 0 Å². The van der Waals surface area contributed by atoms with E-state index in [0.29, 0.717) is 27.7 Å². The molecule has 0 fully saturated rings. The Morgan fingerprint density at radius 1 is 1.23 bits per heavy atom. The van der Waals surface area contributed by atoms with Gasteiger partial charge in [-0.1, -0.05) is 30.3 Å².